The molecule has 5 nitrogen and oxygen atoms in total. The van der Waals surface area contributed by atoms with Crippen LogP contribution in [0.4, 0.5) is 13.2 Å². The molecule has 0 saturated heterocycles. The predicted octanol–water partition coefficient (Wildman–Crippen LogP) is 2.97. The van der Waals surface area contributed by atoms with Crippen molar-refractivity contribution in [2.75, 3.05) is 0 Å². The fraction of sp³-hybridized carbons (Fsp3) is 0.0952. The summed E-state index contributed by atoms with van der Waals surface area (Å²) in [5.41, 5.74) is 2.56. The third-order valence-corrected chi connectivity index (χ3v) is 3.89. The topological polar surface area (TPSA) is 70.3 Å². The largest absolute Gasteiger partial charge is 0.542 e. The number of para-hydroxylation sites is 2. The van der Waals surface area contributed by atoms with Crippen molar-refractivity contribution in [1.82, 2.24) is 0 Å². The van der Waals surface area contributed by atoms with Crippen molar-refractivity contribution in [2.45, 2.75) is 6.18 Å². The number of aryl methyl sites for hydroxylation is 1. The van der Waals surface area contributed by atoms with Crippen LogP contribution in [0, 0.1) is 0 Å². The van der Waals surface area contributed by atoms with Gasteiger partial charge in [0.1, 0.15) is 13.0 Å². The number of allylic oxidation sites excluding steroid dienone is 2. The summed E-state index contributed by atoms with van der Waals surface area (Å²) < 4.78 is 38.9. The molecule has 0 amide bonds. The standard InChI is InChI=1S/C19H16NO2.C2HF3O2/c1-3-4-13-22-19(21)18-14-9-5-7-11-16(14)20(2)17-12-8-6-10-15(17)18;3-2(4,5)1(6)7/h3-13H,1H2,2H3;(H,6,7)/q+1;/p-1/b13-4+;. The Labute approximate surface area is 163 Å². The molecule has 0 aliphatic rings. The number of carbonyl (C=O) groups is 2. The molecule has 3 rings (SSSR count). The first-order valence-electron chi connectivity index (χ1n) is 8.24. The molecule has 0 saturated carbocycles. The van der Waals surface area contributed by atoms with E-state index in [9.17, 15) is 18.0 Å². The molecule has 3 aromatic rings. The minimum absolute atomic E-state index is 0.369. The quantitative estimate of drug-likeness (QED) is 0.222. The first-order valence-corrected chi connectivity index (χ1v) is 8.24. The van der Waals surface area contributed by atoms with Crippen molar-refractivity contribution in [1.29, 1.82) is 0 Å². The number of aromatic nitrogens is 1. The number of hydrogen-bond acceptors (Lipinski definition) is 4. The van der Waals surface area contributed by atoms with Crippen LogP contribution in [0.1, 0.15) is 10.4 Å². The van der Waals surface area contributed by atoms with Gasteiger partial charge in [0.15, 0.2) is 0 Å². The van der Waals surface area contributed by atoms with Crippen LogP contribution in [0.15, 0.2) is 73.5 Å². The number of hydrogen-bond donors (Lipinski definition) is 0. The Kier molecular flexibility index (Phi) is 6.71. The van der Waals surface area contributed by atoms with E-state index in [1.54, 1.807) is 12.2 Å². The number of fused-ring (bicyclic) bond motifs is 2. The number of carboxylic acids is 1. The van der Waals surface area contributed by atoms with E-state index in [2.05, 4.69) is 11.1 Å². The Bertz CT molecular complexity index is 1050. The SMILES string of the molecule is C=C/C=C/OC(=O)c1c2ccccc2[n+](C)c2ccccc12.O=C([O-])C(F)(F)F. The van der Waals surface area contributed by atoms with Crippen LogP contribution in [0.2, 0.25) is 0 Å². The Morgan fingerprint density at radius 3 is 1.90 bits per heavy atom. The Morgan fingerprint density at radius 1 is 1.03 bits per heavy atom. The van der Waals surface area contributed by atoms with Gasteiger partial charge < -0.3 is 14.6 Å². The van der Waals surface area contributed by atoms with E-state index in [-0.39, 0.29) is 5.97 Å². The number of carbonyl (C=O) groups excluding carboxylic acids is 2. The lowest BCUT2D eigenvalue weighted by Crippen LogP contribution is -2.37. The van der Waals surface area contributed by atoms with E-state index in [1.165, 1.54) is 6.26 Å². The average molecular weight is 403 g/mol. The van der Waals surface area contributed by atoms with Crippen molar-refractivity contribution >= 4 is 33.7 Å². The number of alkyl halides is 3. The molecule has 0 aliphatic heterocycles. The highest BCUT2D eigenvalue weighted by molar-refractivity contribution is 6.12. The van der Waals surface area contributed by atoms with Gasteiger partial charge in [-0.2, -0.15) is 17.7 Å². The first-order chi connectivity index (χ1) is 13.7. The number of ether oxygens (including phenoxy) is 1. The highest BCUT2D eigenvalue weighted by atomic mass is 19.4. The summed E-state index contributed by atoms with van der Waals surface area (Å²) in [5.74, 6) is -3.38. The van der Waals surface area contributed by atoms with Gasteiger partial charge in [0, 0.05) is 12.1 Å². The smallest absolute Gasteiger partial charge is 0.430 e. The molecular weight excluding hydrogens is 387 g/mol. The van der Waals surface area contributed by atoms with E-state index in [1.807, 2.05) is 55.6 Å². The molecule has 0 N–H and O–H groups in total. The maximum absolute atomic E-state index is 12.5. The lowest BCUT2D eigenvalue weighted by molar-refractivity contribution is -0.617. The molecule has 0 fully saturated rings. The third-order valence-electron chi connectivity index (χ3n) is 3.89. The third kappa shape index (κ3) is 4.98. The van der Waals surface area contributed by atoms with Crippen LogP contribution in [-0.4, -0.2) is 18.1 Å². The highest BCUT2D eigenvalue weighted by Crippen LogP contribution is 2.25. The zero-order chi connectivity index (χ0) is 21.6. The van der Waals surface area contributed by atoms with Crippen LogP contribution in [0.25, 0.3) is 21.8 Å². The Morgan fingerprint density at radius 2 is 1.48 bits per heavy atom. The zero-order valence-electron chi connectivity index (χ0n) is 15.3. The van der Waals surface area contributed by atoms with Crippen LogP contribution in [0.3, 0.4) is 0 Å². The van der Waals surface area contributed by atoms with Crippen molar-refractivity contribution in [3.63, 3.8) is 0 Å². The van der Waals surface area contributed by atoms with Gasteiger partial charge in [0.2, 0.25) is 11.0 Å². The molecule has 0 bridgehead atoms. The van der Waals surface area contributed by atoms with E-state index in [4.69, 9.17) is 14.6 Å². The number of nitrogens with zero attached hydrogens (tertiary/aromatic N) is 1. The highest BCUT2D eigenvalue weighted by Gasteiger charge is 2.28. The molecule has 0 atom stereocenters. The number of aliphatic carboxylic acids is 1. The van der Waals surface area contributed by atoms with Crippen LogP contribution in [0.5, 0.6) is 0 Å². The molecule has 0 radical (unpaired) electrons. The van der Waals surface area contributed by atoms with E-state index < -0.39 is 12.1 Å². The fourth-order valence-electron chi connectivity index (χ4n) is 2.67. The van der Waals surface area contributed by atoms with Crippen molar-refractivity contribution in [3.05, 3.63) is 79.1 Å². The predicted molar refractivity (Wildman–Crippen MR) is 98.4 cm³/mol. The van der Waals surface area contributed by atoms with E-state index in [0.29, 0.717) is 5.56 Å². The minimum Gasteiger partial charge on any atom is -0.542 e. The molecular formula is C21H16F3NO4. The second-order valence-corrected chi connectivity index (χ2v) is 5.72. The van der Waals surface area contributed by atoms with Gasteiger partial charge in [-0.3, -0.25) is 0 Å². The van der Waals surface area contributed by atoms with Gasteiger partial charge in [0.05, 0.1) is 22.6 Å². The van der Waals surface area contributed by atoms with E-state index in [0.717, 1.165) is 21.8 Å². The molecule has 1 aromatic heterocycles. The summed E-state index contributed by atoms with van der Waals surface area (Å²) in [6, 6.07) is 15.6. The van der Waals surface area contributed by atoms with Crippen LogP contribution in [-0.2, 0) is 16.6 Å². The molecule has 1 heterocycles. The fourth-order valence-corrected chi connectivity index (χ4v) is 2.67. The summed E-state index contributed by atoms with van der Waals surface area (Å²) >= 11 is 0. The lowest BCUT2D eigenvalue weighted by atomic mass is 10.0. The van der Waals surface area contributed by atoms with Gasteiger partial charge in [-0.1, -0.05) is 36.9 Å². The monoisotopic (exact) mass is 403 g/mol. The molecule has 0 aliphatic carbocycles. The molecule has 8 heteroatoms. The summed E-state index contributed by atoms with van der Waals surface area (Å²) in [6.45, 7) is 3.56. The lowest BCUT2D eigenvalue weighted by Gasteiger charge is -2.08. The second kappa shape index (κ2) is 9.01. The van der Waals surface area contributed by atoms with Crippen LogP contribution < -0.4 is 9.67 Å². The number of carboxylic acid groups (broad SMARTS) is 1. The summed E-state index contributed by atoms with van der Waals surface area (Å²) in [6.07, 6.45) is -0.689. The molecule has 150 valence electrons. The second-order valence-electron chi connectivity index (χ2n) is 5.72. The van der Waals surface area contributed by atoms with Crippen LogP contribution >= 0.6 is 0 Å². The number of halogens is 3. The van der Waals surface area contributed by atoms with Crippen molar-refractivity contribution in [3.8, 4) is 0 Å². The first kappa shape index (κ1) is 21.6. The van der Waals surface area contributed by atoms with Gasteiger partial charge in [-0.05, 0) is 18.2 Å². The normalized spacial score (nSPS) is 11.2. The minimum atomic E-state index is -5.19. The summed E-state index contributed by atoms with van der Waals surface area (Å²) in [5, 5.41) is 10.5. The van der Waals surface area contributed by atoms with Gasteiger partial charge in [-0.15, -0.1) is 0 Å². The molecule has 0 unspecified atom stereocenters. The van der Waals surface area contributed by atoms with Gasteiger partial charge in [0.25, 0.3) is 0 Å². The average Bonchev–Trinajstić information content (AvgIpc) is 2.68. The summed E-state index contributed by atoms with van der Waals surface area (Å²) in [4.78, 5) is 21.3. The summed E-state index contributed by atoms with van der Waals surface area (Å²) in [7, 11) is 2.00. The Balaban J connectivity index is 0.000000370. The molecule has 29 heavy (non-hydrogen) atoms. The maximum Gasteiger partial charge on any atom is 0.430 e. The van der Waals surface area contributed by atoms with Crippen molar-refractivity contribution < 1.29 is 37.2 Å². The number of rotatable bonds is 3. The molecule has 0 spiro atoms. The number of benzene rings is 2. The molecule has 2 aromatic carbocycles. The van der Waals surface area contributed by atoms with E-state index >= 15 is 0 Å². The number of pyridine rings is 1. The maximum atomic E-state index is 12.5. The van der Waals surface area contributed by atoms with Gasteiger partial charge in [-0.25, -0.2) is 4.79 Å². The number of esters is 1. The van der Waals surface area contributed by atoms with Gasteiger partial charge >= 0.3 is 12.1 Å². The zero-order valence-corrected chi connectivity index (χ0v) is 15.3. The Hall–Kier alpha value is -3.68. The van der Waals surface area contributed by atoms with Crippen molar-refractivity contribution in [2.24, 2.45) is 7.05 Å².